The van der Waals surface area contributed by atoms with Gasteiger partial charge in [0.1, 0.15) is 11.6 Å². The van der Waals surface area contributed by atoms with Gasteiger partial charge in [-0.3, -0.25) is 0 Å². The summed E-state index contributed by atoms with van der Waals surface area (Å²) in [4.78, 5) is 0. The van der Waals surface area contributed by atoms with Gasteiger partial charge in [-0.05, 0) is 48.7 Å². The Morgan fingerprint density at radius 2 is 1.63 bits per heavy atom. The van der Waals surface area contributed by atoms with Gasteiger partial charge in [-0.25, -0.2) is 8.78 Å². The van der Waals surface area contributed by atoms with Gasteiger partial charge in [-0.15, -0.1) is 0 Å². The molecule has 4 heteroatoms. The molecule has 19 heavy (non-hydrogen) atoms. The number of benzene rings is 2. The minimum atomic E-state index is -0.670. The van der Waals surface area contributed by atoms with Crippen LogP contribution in [0.5, 0.6) is 0 Å². The van der Waals surface area contributed by atoms with E-state index in [1.165, 1.54) is 18.2 Å². The van der Waals surface area contributed by atoms with Crippen molar-refractivity contribution in [1.29, 1.82) is 0 Å². The van der Waals surface area contributed by atoms with Gasteiger partial charge in [0.2, 0.25) is 0 Å². The summed E-state index contributed by atoms with van der Waals surface area (Å²) in [6.07, 6.45) is 0. The van der Waals surface area contributed by atoms with Gasteiger partial charge in [0.15, 0.2) is 0 Å². The summed E-state index contributed by atoms with van der Waals surface area (Å²) in [5, 5.41) is 0.419. The smallest absolute Gasteiger partial charge is 0.129 e. The van der Waals surface area contributed by atoms with Crippen molar-refractivity contribution in [3.63, 3.8) is 0 Å². The van der Waals surface area contributed by atoms with Gasteiger partial charge < -0.3 is 5.73 Å². The minimum absolute atomic E-state index is 0.262. The van der Waals surface area contributed by atoms with E-state index in [4.69, 9.17) is 17.3 Å². The van der Waals surface area contributed by atoms with Crippen LogP contribution in [0.25, 0.3) is 0 Å². The lowest BCUT2D eigenvalue weighted by atomic mass is 9.95. The molecule has 0 saturated carbocycles. The van der Waals surface area contributed by atoms with E-state index < -0.39 is 11.9 Å². The van der Waals surface area contributed by atoms with Crippen LogP contribution in [0.4, 0.5) is 8.78 Å². The monoisotopic (exact) mass is 281 g/mol. The second-order valence-corrected chi connectivity index (χ2v) is 5.05. The SMILES string of the molecule is Cc1cc(C(N)c2cc(Cl)ccc2F)cc(C)c1F. The van der Waals surface area contributed by atoms with Crippen molar-refractivity contribution in [2.24, 2.45) is 5.73 Å². The zero-order valence-corrected chi connectivity index (χ0v) is 11.4. The summed E-state index contributed by atoms with van der Waals surface area (Å²) < 4.78 is 27.4. The fourth-order valence-electron chi connectivity index (χ4n) is 2.09. The van der Waals surface area contributed by atoms with Gasteiger partial charge in [-0.2, -0.15) is 0 Å². The Bertz CT molecular complexity index is 603. The predicted octanol–water partition coefficient (Wildman–Crippen LogP) is 4.28. The first-order valence-electron chi connectivity index (χ1n) is 5.87. The third kappa shape index (κ3) is 2.77. The standard InChI is InChI=1S/C15H14ClF2N/c1-8-5-10(6-9(2)14(8)18)15(19)12-7-11(16)3-4-13(12)17/h3-7,15H,19H2,1-2H3. The highest BCUT2D eigenvalue weighted by Crippen LogP contribution is 2.27. The lowest BCUT2D eigenvalue weighted by molar-refractivity contribution is 0.595. The van der Waals surface area contributed by atoms with E-state index in [1.807, 2.05) is 0 Å². The lowest BCUT2D eigenvalue weighted by Gasteiger charge is -2.16. The van der Waals surface area contributed by atoms with E-state index in [0.717, 1.165) is 0 Å². The first-order valence-corrected chi connectivity index (χ1v) is 6.25. The minimum Gasteiger partial charge on any atom is -0.320 e. The topological polar surface area (TPSA) is 26.0 Å². The summed E-state index contributed by atoms with van der Waals surface area (Å²) in [6, 6.07) is 6.84. The van der Waals surface area contributed by atoms with Crippen molar-refractivity contribution in [3.05, 3.63) is 69.2 Å². The van der Waals surface area contributed by atoms with E-state index in [-0.39, 0.29) is 5.82 Å². The molecular weight excluding hydrogens is 268 g/mol. The summed E-state index contributed by atoms with van der Waals surface area (Å²) in [7, 11) is 0. The number of hydrogen-bond acceptors (Lipinski definition) is 1. The molecule has 0 bridgehead atoms. The molecule has 0 amide bonds. The van der Waals surface area contributed by atoms with Crippen LogP contribution in [-0.2, 0) is 0 Å². The molecule has 1 unspecified atom stereocenters. The number of nitrogens with two attached hydrogens (primary N) is 1. The quantitative estimate of drug-likeness (QED) is 0.873. The van der Waals surface area contributed by atoms with Gasteiger partial charge >= 0.3 is 0 Å². The van der Waals surface area contributed by atoms with Gasteiger partial charge in [-0.1, -0.05) is 23.7 Å². The maximum Gasteiger partial charge on any atom is 0.129 e. The highest BCUT2D eigenvalue weighted by atomic mass is 35.5. The molecule has 2 N–H and O–H groups in total. The van der Waals surface area contributed by atoms with Crippen molar-refractivity contribution >= 4 is 11.6 Å². The van der Waals surface area contributed by atoms with Crippen molar-refractivity contribution in [1.82, 2.24) is 0 Å². The Hall–Kier alpha value is -1.45. The first-order chi connectivity index (χ1) is 8.90. The van der Waals surface area contributed by atoms with Gasteiger partial charge in [0, 0.05) is 10.6 Å². The van der Waals surface area contributed by atoms with E-state index in [2.05, 4.69) is 0 Å². The highest BCUT2D eigenvalue weighted by molar-refractivity contribution is 6.30. The summed E-state index contributed by atoms with van der Waals surface area (Å²) in [6.45, 7) is 3.32. The Morgan fingerprint density at radius 1 is 1.05 bits per heavy atom. The molecule has 0 fully saturated rings. The van der Waals surface area contributed by atoms with Crippen LogP contribution in [0.2, 0.25) is 5.02 Å². The van der Waals surface area contributed by atoms with Crippen LogP contribution < -0.4 is 5.73 Å². The average Bonchev–Trinajstić information content (AvgIpc) is 2.37. The maximum atomic E-state index is 13.8. The van der Waals surface area contributed by atoms with E-state index in [9.17, 15) is 8.78 Å². The molecule has 0 aliphatic carbocycles. The van der Waals surface area contributed by atoms with Crippen LogP contribution >= 0.6 is 11.6 Å². The van der Waals surface area contributed by atoms with Gasteiger partial charge in [0.25, 0.3) is 0 Å². The number of halogens is 3. The Morgan fingerprint density at radius 3 is 2.21 bits per heavy atom. The largest absolute Gasteiger partial charge is 0.320 e. The Kier molecular flexibility index (Phi) is 3.88. The van der Waals surface area contributed by atoms with E-state index >= 15 is 0 Å². The average molecular weight is 282 g/mol. The Labute approximate surface area is 116 Å². The van der Waals surface area contributed by atoms with Crippen molar-refractivity contribution in [2.45, 2.75) is 19.9 Å². The predicted molar refractivity (Wildman–Crippen MR) is 73.3 cm³/mol. The number of hydrogen-bond donors (Lipinski definition) is 1. The number of rotatable bonds is 2. The maximum absolute atomic E-state index is 13.8. The van der Waals surface area contributed by atoms with Crippen LogP contribution in [-0.4, -0.2) is 0 Å². The number of aryl methyl sites for hydroxylation is 2. The summed E-state index contributed by atoms with van der Waals surface area (Å²) in [5.74, 6) is -0.681. The lowest BCUT2D eigenvalue weighted by Crippen LogP contribution is -2.14. The Balaban J connectivity index is 2.49. The molecule has 0 spiro atoms. The summed E-state index contributed by atoms with van der Waals surface area (Å²) in [5.41, 5.74) is 8.01. The summed E-state index contributed by atoms with van der Waals surface area (Å²) >= 11 is 5.85. The van der Waals surface area contributed by atoms with Crippen molar-refractivity contribution in [2.75, 3.05) is 0 Å². The molecule has 0 aliphatic heterocycles. The van der Waals surface area contributed by atoms with Gasteiger partial charge in [0.05, 0.1) is 6.04 Å². The van der Waals surface area contributed by atoms with Crippen LogP contribution in [0.15, 0.2) is 30.3 Å². The molecule has 1 nitrogen and oxygen atoms in total. The van der Waals surface area contributed by atoms with Crippen molar-refractivity contribution in [3.8, 4) is 0 Å². The fraction of sp³-hybridized carbons (Fsp3) is 0.200. The first kappa shape index (κ1) is 14.0. The normalized spacial score (nSPS) is 12.5. The molecule has 2 aromatic carbocycles. The molecule has 1 atom stereocenters. The van der Waals surface area contributed by atoms with E-state index in [1.54, 1.807) is 26.0 Å². The molecule has 0 saturated heterocycles. The second-order valence-electron chi connectivity index (χ2n) is 4.61. The molecule has 2 aromatic rings. The molecule has 0 aliphatic rings. The molecule has 0 radical (unpaired) electrons. The zero-order valence-electron chi connectivity index (χ0n) is 10.7. The van der Waals surface area contributed by atoms with Crippen LogP contribution in [0, 0.1) is 25.5 Å². The molecule has 0 aromatic heterocycles. The van der Waals surface area contributed by atoms with Crippen molar-refractivity contribution < 1.29 is 8.78 Å². The highest BCUT2D eigenvalue weighted by Gasteiger charge is 2.16. The van der Waals surface area contributed by atoms with Crippen LogP contribution in [0.3, 0.4) is 0 Å². The van der Waals surface area contributed by atoms with Crippen LogP contribution in [0.1, 0.15) is 28.3 Å². The van der Waals surface area contributed by atoms with E-state index in [0.29, 0.717) is 27.3 Å². The third-order valence-electron chi connectivity index (χ3n) is 3.11. The zero-order chi connectivity index (χ0) is 14.2. The molecule has 0 heterocycles. The molecule has 2 rings (SSSR count). The molecule has 100 valence electrons. The molecular formula is C15H14ClF2N. The third-order valence-corrected chi connectivity index (χ3v) is 3.35. The fourth-order valence-corrected chi connectivity index (χ4v) is 2.27. The second kappa shape index (κ2) is 5.27.